The fourth-order valence-electron chi connectivity index (χ4n) is 2.48. The topological polar surface area (TPSA) is 41.1 Å². The van der Waals surface area contributed by atoms with Crippen molar-refractivity contribution in [2.75, 3.05) is 17.2 Å². The van der Waals surface area contributed by atoms with Crippen LogP contribution in [0.5, 0.6) is 0 Å². The van der Waals surface area contributed by atoms with Crippen LogP contribution in [-0.2, 0) is 4.79 Å². The van der Waals surface area contributed by atoms with E-state index in [2.05, 4.69) is 42.7 Å². The Labute approximate surface area is 132 Å². The lowest BCUT2D eigenvalue weighted by Gasteiger charge is -2.11. The smallest absolute Gasteiger partial charge is 0.226 e. The van der Waals surface area contributed by atoms with E-state index in [1.807, 2.05) is 32.0 Å². The highest BCUT2D eigenvalue weighted by Crippen LogP contribution is 2.17. The van der Waals surface area contributed by atoms with Gasteiger partial charge >= 0.3 is 0 Å². The molecular formula is C19H24N2O. The summed E-state index contributed by atoms with van der Waals surface area (Å²) in [4.78, 5) is 12.0. The number of benzene rings is 2. The van der Waals surface area contributed by atoms with Gasteiger partial charge in [-0.1, -0.05) is 18.2 Å². The van der Waals surface area contributed by atoms with Crippen molar-refractivity contribution >= 4 is 17.3 Å². The standard InChI is InChI=1S/C19H24N2O/c1-13-5-6-16(4)18(12-13)21-19(22)7-8-20-17-10-14(2)9-15(3)11-17/h5-6,9-12,20H,7-8H2,1-4H3,(H,21,22). The molecule has 2 N–H and O–H groups in total. The number of anilines is 2. The highest BCUT2D eigenvalue weighted by Gasteiger charge is 2.05. The summed E-state index contributed by atoms with van der Waals surface area (Å²) in [6, 6.07) is 12.4. The van der Waals surface area contributed by atoms with Crippen molar-refractivity contribution in [2.24, 2.45) is 0 Å². The Morgan fingerprint density at radius 1 is 0.909 bits per heavy atom. The Bertz CT molecular complexity index is 657. The zero-order valence-corrected chi connectivity index (χ0v) is 13.8. The average molecular weight is 296 g/mol. The fourth-order valence-corrected chi connectivity index (χ4v) is 2.48. The van der Waals surface area contributed by atoms with E-state index in [-0.39, 0.29) is 5.91 Å². The maximum atomic E-state index is 12.0. The van der Waals surface area contributed by atoms with Crippen LogP contribution in [0.3, 0.4) is 0 Å². The maximum Gasteiger partial charge on any atom is 0.226 e. The predicted molar refractivity (Wildman–Crippen MR) is 93.6 cm³/mol. The van der Waals surface area contributed by atoms with E-state index in [4.69, 9.17) is 0 Å². The third kappa shape index (κ3) is 4.62. The van der Waals surface area contributed by atoms with E-state index in [1.165, 1.54) is 11.1 Å². The van der Waals surface area contributed by atoms with Crippen LogP contribution in [0, 0.1) is 27.7 Å². The fraction of sp³-hybridized carbons (Fsp3) is 0.316. The molecule has 0 aromatic heterocycles. The molecule has 0 bridgehead atoms. The molecule has 22 heavy (non-hydrogen) atoms. The number of hydrogen-bond acceptors (Lipinski definition) is 2. The van der Waals surface area contributed by atoms with Gasteiger partial charge in [0.05, 0.1) is 0 Å². The minimum Gasteiger partial charge on any atom is -0.385 e. The molecular weight excluding hydrogens is 272 g/mol. The predicted octanol–water partition coefficient (Wildman–Crippen LogP) is 4.36. The molecule has 0 fully saturated rings. The molecule has 1 amide bonds. The lowest BCUT2D eigenvalue weighted by molar-refractivity contribution is -0.115. The molecule has 3 nitrogen and oxygen atoms in total. The second-order valence-corrected chi connectivity index (χ2v) is 5.92. The molecule has 0 atom stereocenters. The SMILES string of the molecule is Cc1cc(C)cc(NCCC(=O)Nc2cc(C)ccc2C)c1. The molecule has 2 aromatic rings. The van der Waals surface area contributed by atoms with Gasteiger partial charge in [-0.15, -0.1) is 0 Å². The third-order valence-electron chi connectivity index (χ3n) is 3.57. The average Bonchev–Trinajstić information content (AvgIpc) is 2.42. The molecule has 116 valence electrons. The Balaban J connectivity index is 1.86. The van der Waals surface area contributed by atoms with E-state index in [1.54, 1.807) is 0 Å². The van der Waals surface area contributed by atoms with E-state index in [0.29, 0.717) is 13.0 Å². The zero-order chi connectivity index (χ0) is 16.1. The van der Waals surface area contributed by atoms with Crippen LogP contribution >= 0.6 is 0 Å². The summed E-state index contributed by atoms with van der Waals surface area (Å²) in [6.45, 7) is 8.80. The van der Waals surface area contributed by atoms with E-state index in [0.717, 1.165) is 22.5 Å². The summed E-state index contributed by atoms with van der Waals surface area (Å²) in [7, 11) is 0. The number of amides is 1. The van der Waals surface area contributed by atoms with Gasteiger partial charge in [0.25, 0.3) is 0 Å². The molecule has 0 saturated heterocycles. The van der Waals surface area contributed by atoms with Crippen LogP contribution in [0.2, 0.25) is 0 Å². The number of hydrogen-bond donors (Lipinski definition) is 2. The second-order valence-electron chi connectivity index (χ2n) is 5.92. The highest BCUT2D eigenvalue weighted by atomic mass is 16.1. The van der Waals surface area contributed by atoms with Crippen LogP contribution in [0.4, 0.5) is 11.4 Å². The van der Waals surface area contributed by atoms with Crippen LogP contribution in [0.15, 0.2) is 36.4 Å². The summed E-state index contributed by atoms with van der Waals surface area (Å²) in [5.41, 5.74) is 6.65. The van der Waals surface area contributed by atoms with Crippen molar-refractivity contribution in [3.05, 3.63) is 58.7 Å². The van der Waals surface area contributed by atoms with Crippen molar-refractivity contribution in [2.45, 2.75) is 34.1 Å². The van der Waals surface area contributed by atoms with Crippen molar-refractivity contribution in [1.82, 2.24) is 0 Å². The Kier molecular flexibility index (Phi) is 5.21. The third-order valence-corrected chi connectivity index (χ3v) is 3.57. The lowest BCUT2D eigenvalue weighted by Crippen LogP contribution is -2.17. The first-order valence-electron chi connectivity index (χ1n) is 7.63. The first kappa shape index (κ1) is 16.1. The van der Waals surface area contributed by atoms with Gasteiger partial charge in [0, 0.05) is 24.3 Å². The number of rotatable bonds is 5. The summed E-state index contributed by atoms with van der Waals surface area (Å²) in [5, 5.41) is 6.29. The Morgan fingerprint density at radius 2 is 1.59 bits per heavy atom. The number of aryl methyl sites for hydroxylation is 4. The molecule has 2 aromatic carbocycles. The second kappa shape index (κ2) is 7.12. The summed E-state index contributed by atoms with van der Waals surface area (Å²) in [5.74, 6) is 0.0329. The minimum atomic E-state index is 0.0329. The van der Waals surface area contributed by atoms with Gasteiger partial charge in [-0.3, -0.25) is 4.79 Å². The normalized spacial score (nSPS) is 10.4. The quantitative estimate of drug-likeness (QED) is 0.860. The molecule has 0 saturated carbocycles. The van der Waals surface area contributed by atoms with Crippen molar-refractivity contribution in [1.29, 1.82) is 0 Å². The number of carbonyl (C=O) groups excluding carboxylic acids is 1. The molecule has 2 rings (SSSR count). The monoisotopic (exact) mass is 296 g/mol. The van der Waals surface area contributed by atoms with Crippen molar-refractivity contribution in [3.63, 3.8) is 0 Å². The van der Waals surface area contributed by atoms with Gasteiger partial charge in [0.1, 0.15) is 0 Å². The van der Waals surface area contributed by atoms with Gasteiger partial charge in [0.15, 0.2) is 0 Å². The van der Waals surface area contributed by atoms with Crippen molar-refractivity contribution < 1.29 is 4.79 Å². The summed E-state index contributed by atoms with van der Waals surface area (Å²) < 4.78 is 0. The van der Waals surface area contributed by atoms with E-state index < -0.39 is 0 Å². The van der Waals surface area contributed by atoms with Crippen LogP contribution < -0.4 is 10.6 Å². The molecule has 0 aliphatic rings. The molecule has 0 unspecified atom stereocenters. The number of carbonyl (C=O) groups is 1. The van der Waals surface area contributed by atoms with Gasteiger partial charge in [0.2, 0.25) is 5.91 Å². The Morgan fingerprint density at radius 3 is 2.27 bits per heavy atom. The first-order chi connectivity index (χ1) is 10.4. The van der Waals surface area contributed by atoms with Crippen LogP contribution in [0.1, 0.15) is 28.7 Å². The van der Waals surface area contributed by atoms with Crippen LogP contribution in [-0.4, -0.2) is 12.5 Å². The summed E-state index contributed by atoms with van der Waals surface area (Å²) in [6.07, 6.45) is 0.445. The van der Waals surface area contributed by atoms with Crippen molar-refractivity contribution in [3.8, 4) is 0 Å². The molecule has 0 aliphatic heterocycles. The molecule has 3 heteroatoms. The molecule has 0 heterocycles. The zero-order valence-electron chi connectivity index (χ0n) is 13.8. The first-order valence-corrected chi connectivity index (χ1v) is 7.63. The van der Waals surface area contributed by atoms with Gasteiger partial charge in [-0.2, -0.15) is 0 Å². The van der Waals surface area contributed by atoms with Gasteiger partial charge < -0.3 is 10.6 Å². The minimum absolute atomic E-state index is 0.0329. The van der Waals surface area contributed by atoms with E-state index in [9.17, 15) is 4.79 Å². The van der Waals surface area contributed by atoms with E-state index >= 15 is 0 Å². The molecule has 0 aliphatic carbocycles. The maximum absolute atomic E-state index is 12.0. The molecule has 0 radical (unpaired) electrons. The van der Waals surface area contributed by atoms with Crippen LogP contribution in [0.25, 0.3) is 0 Å². The Hall–Kier alpha value is -2.29. The summed E-state index contributed by atoms with van der Waals surface area (Å²) >= 11 is 0. The molecule has 0 spiro atoms. The van der Waals surface area contributed by atoms with Gasteiger partial charge in [-0.05, 0) is 68.1 Å². The largest absolute Gasteiger partial charge is 0.385 e. The lowest BCUT2D eigenvalue weighted by atomic mass is 10.1. The highest BCUT2D eigenvalue weighted by molar-refractivity contribution is 5.91. The van der Waals surface area contributed by atoms with Gasteiger partial charge in [-0.25, -0.2) is 0 Å². The number of nitrogens with one attached hydrogen (secondary N) is 2.